The predicted molar refractivity (Wildman–Crippen MR) is 322 cm³/mol. The molecule has 0 aliphatic rings. The van der Waals surface area contributed by atoms with Gasteiger partial charge in [0.15, 0.2) is 37.2 Å². The van der Waals surface area contributed by atoms with Gasteiger partial charge in [0.25, 0.3) is 0 Å². The normalized spacial score (nSPS) is 10.4. The fraction of sp³-hybridized carbons (Fsp3) is 0.364. The van der Waals surface area contributed by atoms with Crippen molar-refractivity contribution in [3.8, 4) is 69.0 Å². The molecule has 6 rings (SSSR count). The van der Waals surface area contributed by atoms with Crippen molar-refractivity contribution in [2.24, 2.45) is 0 Å². The summed E-state index contributed by atoms with van der Waals surface area (Å²) in [5.74, 6) is 1.39. The maximum Gasteiger partial charge on any atom is 0.341 e. The number of Topliss-reactive ketones (excluding diaryl/α,β-unsaturated/α-hetero) is 3. The number of phenols is 3. The minimum atomic E-state index is -1.03. The molecule has 21 nitrogen and oxygen atoms in total. The lowest BCUT2D eigenvalue weighted by Crippen LogP contribution is -2.09. The monoisotopic (exact) mass is 1210 g/mol. The fourth-order valence-electron chi connectivity index (χ4n) is 8.21. The molecule has 0 saturated carbocycles. The van der Waals surface area contributed by atoms with E-state index < -0.39 is 17.9 Å². The lowest BCUT2D eigenvalue weighted by molar-refractivity contribution is -0.140. The Kier molecular flexibility index (Phi) is 30.2. The maximum atomic E-state index is 11.6. The number of hydrogen-bond acceptors (Lipinski definition) is 18. The van der Waals surface area contributed by atoms with Gasteiger partial charge in [-0.3, -0.25) is 14.4 Å². The lowest BCUT2D eigenvalue weighted by atomic mass is 10.0. The van der Waals surface area contributed by atoms with Crippen LogP contribution in [0.1, 0.15) is 128 Å². The average molecular weight is 1210 g/mol. The molecule has 87 heavy (non-hydrogen) atoms. The van der Waals surface area contributed by atoms with Crippen LogP contribution in [0.25, 0.3) is 0 Å². The lowest BCUT2D eigenvalue weighted by Gasteiger charge is -2.15. The van der Waals surface area contributed by atoms with Crippen LogP contribution in [0, 0.1) is 0 Å². The van der Waals surface area contributed by atoms with E-state index in [9.17, 15) is 44.1 Å². The van der Waals surface area contributed by atoms with Gasteiger partial charge in [0.2, 0.25) is 0 Å². The van der Waals surface area contributed by atoms with Crippen LogP contribution in [-0.4, -0.2) is 125 Å². The molecule has 21 heteroatoms. The zero-order valence-electron chi connectivity index (χ0n) is 49.9. The molecule has 0 aliphatic heterocycles. The summed E-state index contributed by atoms with van der Waals surface area (Å²) in [6.45, 7) is 11.6. The van der Waals surface area contributed by atoms with Crippen LogP contribution >= 0.6 is 0 Å². The number of aromatic hydroxyl groups is 3. The summed E-state index contributed by atoms with van der Waals surface area (Å²) in [6.07, 6.45) is 6.19. The Morgan fingerprint density at radius 3 is 0.713 bits per heavy atom. The van der Waals surface area contributed by atoms with Crippen molar-refractivity contribution in [1.29, 1.82) is 0 Å². The van der Waals surface area contributed by atoms with Crippen LogP contribution in [0.5, 0.6) is 69.0 Å². The predicted octanol–water partition coefficient (Wildman–Crippen LogP) is 11.6. The first-order valence-electron chi connectivity index (χ1n) is 28.4. The second-order valence-corrected chi connectivity index (χ2v) is 19.3. The Labute approximate surface area is 505 Å². The molecular weight excluding hydrogens is 1130 g/mol. The highest BCUT2D eigenvalue weighted by Gasteiger charge is 2.19. The van der Waals surface area contributed by atoms with E-state index in [0.29, 0.717) is 163 Å². The first kappa shape index (κ1) is 69.8. The second-order valence-electron chi connectivity index (χ2n) is 19.3. The Hall–Kier alpha value is -9.66. The van der Waals surface area contributed by atoms with Gasteiger partial charge in [0.1, 0.15) is 69.0 Å². The van der Waals surface area contributed by atoms with E-state index in [0.717, 1.165) is 19.3 Å². The van der Waals surface area contributed by atoms with Crippen molar-refractivity contribution in [2.45, 2.75) is 99.3 Å². The van der Waals surface area contributed by atoms with Gasteiger partial charge in [-0.2, -0.15) is 0 Å². The maximum absolute atomic E-state index is 11.6. The smallest absolute Gasteiger partial charge is 0.341 e. The van der Waals surface area contributed by atoms with E-state index in [4.69, 9.17) is 58.0 Å². The minimum Gasteiger partial charge on any atom is -0.507 e. The van der Waals surface area contributed by atoms with Crippen LogP contribution in [0.15, 0.2) is 109 Å². The minimum absolute atomic E-state index is 0.00157. The number of aliphatic carboxylic acids is 3. The van der Waals surface area contributed by atoms with E-state index in [1.807, 2.05) is 20.8 Å². The second kappa shape index (κ2) is 37.6. The molecular formula is C66H78O21. The molecule has 6 aromatic rings. The number of ether oxygens (including phenoxy) is 9. The van der Waals surface area contributed by atoms with Crippen molar-refractivity contribution >= 4 is 35.3 Å². The Morgan fingerprint density at radius 2 is 0.517 bits per heavy atom. The van der Waals surface area contributed by atoms with Crippen molar-refractivity contribution in [2.75, 3.05) is 59.5 Å². The third-order valence-electron chi connectivity index (χ3n) is 12.4. The number of ketones is 3. The average Bonchev–Trinajstić information content (AvgIpc) is 2.69. The summed E-state index contributed by atoms with van der Waals surface area (Å²) in [5.41, 5.74) is 2.87. The molecule has 0 fully saturated rings. The topological polar surface area (TPSA) is 307 Å². The number of rotatable bonds is 36. The molecule has 0 amide bonds. The highest BCUT2D eigenvalue weighted by molar-refractivity contribution is 5.98. The van der Waals surface area contributed by atoms with E-state index in [1.54, 1.807) is 109 Å². The molecule has 0 atom stereocenters. The van der Waals surface area contributed by atoms with Crippen molar-refractivity contribution in [3.63, 3.8) is 0 Å². The number of carbonyl (C=O) groups excluding carboxylic acids is 3. The van der Waals surface area contributed by atoms with Gasteiger partial charge in [0, 0.05) is 36.0 Å². The number of hydrogen-bond donors (Lipinski definition) is 6. The molecule has 0 aromatic heterocycles. The van der Waals surface area contributed by atoms with E-state index in [2.05, 4.69) is 0 Å². The molecule has 0 heterocycles. The third-order valence-corrected chi connectivity index (χ3v) is 12.4. The summed E-state index contributed by atoms with van der Waals surface area (Å²) < 4.78 is 49.4. The molecule has 0 aliphatic carbocycles. The standard InChI is InChI=1S/3C22H26O7/c3*1-3-5-19-20(11-10-18(15(2)23)22(19)26)28-13-4-12-27-16-6-8-17(9-7-16)29-14-21(24)25/h3*6-11,26H,3-5,12-14H2,1-2H3,(H,24,25). The van der Waals surface area contributed by atoms with Crippen LogP contribution in [0.3, 0.4) is 0 Å². The van der Waals surface area contributed by atoms with Gasteiger partial charge >= 0.3 is 17.9 Å². The first-order valence-corrected chi connectivity index (χ1v) is 28.4. The van der Waals surface area contributed by atoms with Gasteiger partial charge in [0.05, 0.1) is 56.3 Å². The summed E-state index contributed by atoms with van der Waals surface area (Å²) >= 11 is 0. The van der Waals surface area contributed by atoms with Gasteiger partial charge < -0.3 is 73.3 Å². The van der Waals surface area contributed by atoms with Crippen molar-refractivity contribution < 1.29 is 102 Å². The van der Waals surface area contributed by atoms with Crippen LogP contribution < -0.4 is 42.6 Å². The van der Waals surface area contributed by atoms with Gasteiger partial charge in [-0.15, -0.1) is 0 Å². The van der Waals surface area contributed by atoms with Gasteiger partial charge in [-0.05, 0) is 149 Å². The molecule has 0 unspecified atom stereocenters. The number of phenolic OH excluding ortho intramolecular Hbond substituents is 3. The highest BCUT2D eigenvalue weighted by atomic mass is 16.5. The van der Waals surface area contributed by atoms with Crippen molar-refractivity contribution in [1.82, 2.24) is 0 Å². The number of benzene rings is 6. The highest BCUT2D eigenvalue weighted by Crippen LogP contribution is 2.36. The van der Waals surface area contributed by atoms with E-state index >= 15 is 0 Å². The Bertz CT molecular complexity index is 2820. The largest absolute Gasteiger partial charge is 0.507 e. The number of carboxylic acids is 3. The van der Waals surface area contributed by atoms with Crippen LogP contribution in [0.4, 0.5) is 0 Å². The zero-order chi connectivity index (χ0) is 63.7. The summed E-state index contributed by atoms with van der Waals surface area (Å²) in [5, 5.41) is 56.8. The van der Waals surface area contributed by atoms with Crippen LogP contribution in [-0.2, 0) is 33.6 Å². The van der Waals surface area contributed by atoms with Gasteiger partial charge in [-0.25, -0.2) is 14.4 Å². The Balaban J connectivity index is 0.000000279. The fourth-order valence-corrected chi connectivity index (χ4v) is 8.21. The zero-order valence-corrected chi connectivity index (χ0v) is 49.9. The molecule has 468 valence electrons. The molecule has 6 aromatic carbocycles. The molecule has 6 N–H and O–H groups in total. The first-order chi connectivity index (χ1) is 41.8. The van der Waals surface area contributed by atoms with Crippen molar-refractivity contribution in [3.05, 3.63) is 143 Å². The SMILES string of the molecule is CCCc1c(OCCCOc2ccc(OCC(=O)O)cc2)ccc(C(C)=O)c1O.CCCc1c(OCCCOc2ccc(OCC(=O)O)cc2)ccc(C(C)=O)c1O.CCCc1c(OCCCOc2ccc(OCC(=O)O)cc2)ccc(C(C)=O)c1O. The van der Waals surface area contributed by atoms with E-state index in [1.165, 1.54) is 20.8 Å². The van der Waals surface area contributed by atoms with Crippen LogP contribution in [0.2, 0.25) is 0 Å². The molecule has 0 saturated heterocycles. The molecule has 0 bridgehead atoms. The number of carbonyl (C=O) groups is 6. The summed E-state index contributed by atoms with van der Waals surface area (Å²) in [7, 11) is 0. The quantitative estimate of drug-likeness (QED) is 0.0157. The summed E-state index contributed by atoms with van der Waals surface area (Å²) in [6, 6.07) is 30.0. The molecule has 0 spiro atoms. The Morgan fingerprint density at radius 1 is 0.310 bits per heavy atom. The third kappa shape index (κ3) is 24.5. The number of carboxylic acid groups (broad SMARTS) is 3. The molecule has 0 radical (unpaired) electrons. The van der Waals surface area contributed by atoms with Gasteiger partial charge in [-0.1, -0.05) is 40.0 Å². The van der Waals surface area contributed by atoms with E-state index in [-0.39, 0.29) is 54.4 Å². The summed E-state index contributed by atoms with van der Waals surface area (Å²) in [4.78, 5) is 66.2.